The van der Waals surface area contributed by atoms with Gasteiger partial charge in [-0.05, 0) is 26.0 Å². The fraction of sp³-hybridized carbons (Fsp3) is 0.333. The second-order valence-electron chi connectivity index (χ2n) is 5.40. The molecular formula is C15H19N3O4S. The summed E-state index contributed by atoms with van der Waals surface area (Å²) >= 11 is 0. The van der Waals surface area contributed by atoms with Crippen molar-refractivity contribution in [2.24, 2.45) is 7.05 Å². The van der Waals surface area contributed by atoms with Crippen LogP contribution in [0.4, 0.5) is 5.69 Å². The van der Waals surface area contributed by atoms with Gasteiger partial charge in [0, 0.05) is 13.3 Å². The number of benzene rings is 1. The molecular weight excluding hydrogens is 318 g/mol. The summed E-state index contributed by atoms with van der Waals surface area (Å²) in [6, 6.07) is 8.97. The van der Waals surface area contributed by atoms with E-state index < -0.39 is 26.6 Å². The molecule has 2 rings (SSSR count). The van der Waals surface area contributed by atoms with Crippen molar-refractivity contribution in [2.75, 3.05) is 11.6 Å². The Morgan fingerprint density at radius 3 is 2.30 bits per heavy atom. The SMILES string of the molecule is Cc1c(NC(=O)[C@@H](C)S(C)(=O)=O)c(=O)n(-c2ccccc2)n1C. The number of nitrogens with zero attached hydrogens (tertiary/aromatic N) is 2. The van der Waals surface area contributed by atoms with E-state index in [9.17, 15) is 18.0 Å². The van der Waals surface area contributed by atoms with Crippen molar-refractivity contribution in [3.63, 3.8) is 0 Å². The van der Waals surface area contributed by atoms with Gasteiger partial charge in [0.2, 0.25) is 5.91 Å². The lowest BCUT2D eigenvalue weighted by atomic mass is 10.3. The molecule has 1 N–H and O–H groups in total. The summed E-state index contributed by atoms with van der Waals surface area (Å²) in [4.78, 5) is 24.7. The lowest BCUT2D eigenvalue weighted by molar-refractivity contribution is -0.115. The minimum absolute atomic E-state index is 0.0804. The molecule has 0 aliphatic rings. The van der Waals surface area contributed by atoms with Gasteiger partial charge in [0.05, 0.1) is 11.4 Å². The Bertz CT molecular complexity index is 895. The highest BCUT2D eigenvalue weighted by molar-refractivity contribution is 7.92. The van der Waals surface area contributed by atoms with Gasteiger partial charge >= 0.3 is 0 Å². The third-order valence-electron chi connectivity index (χ3n) is 3.81. The van der Waals surface area contributed by atoms with Gasteiger partial charge in [-0.1, -0.05) is 18.2 Å². The molecule has 0 unspecified atom stereocenters. The number of rotatable bonds is 4. The molecule has 0 spiro atoms. The molecule has 7 nitrogen and oxygen atoms in total. The highest BCUT2D eigenvalue weighted by Gasteiger charge is 2.26. The Morgan fingerprint density at radius 1 is 1.22 bits per heavy atom. The number of nitrogens with one attached hydrogen (secondary N) is 1. The van der Waals surface area contributed by atoms with Crippen molar-refractivity contribution in [1.82, 2.24) is 9.36 Å². The predicted molar refractivity (Wildman–Crippen MR) is 88.7 cm³/mol. The molecule has 0 aliphatic heterocycles. The molecule has 0 saturated carbocycles. The molecule has 1 aromatic heterocycles. The maximum atomic E-state index is 12.6. The standard InChI is InChI=1S/C15H19N3O4S/c1-10-13(16-14(19)11(2)23(4,21)22)15(20)18(17(10)3)12-8-6-5-7-9-12/h5-9,11H,1-4H3,(H,16,19)/t11-/m1/s1. The number of hydrogen-bond acceptors (Lipinski definition) is 4. The van der Waals surface area contributed by atoms with Gasteiger partial charge < -0.3 is 5.32 Å². The van der Waals surface area contributed by atoms with E-state index in [-0.39, 0.29) is 5.69 Å². The third-order valence-corrected chi connectivity index (χ3v) is 5.31. The highest BCUT2D eigenvalue weighted by Crippen LogP contribution is 2.14. The lowest BCUT2D eigenvalue weighted by Crippen LogP contribution is -2.33. The molecule has 8 heteroatoms. The van der Waals surface area contributed by atoms with E-state index in [1.54, 1.807) is 42.9 Å². The first-order valence-corrected chi connectivity index (χ1v) is 8.93. The molecule has 0 aliphatic carbocycles. The van der Waals surface area contributed by atoms with Gasteiger partial charge in [0.25, 0.3) is 5.56 Å². The van der Waals surface area contributed by atoms with Gasteiger partial charge in [0.15, 0.2) is 9.84 Å². The normalized spacial score (nSPS) is 12.9. The van der Waals surface area contributed by atoms with Crippen LogP contribution in [-0.4, -0.2) is 35.2 Å². The number of aromatic nitrogens is 2. The minimum Gasteiger partial charge on any atom is -0.319 e. The van der Waals surface area contributed by atoms with Crippen LogP contribution < -0.4 is 10.9 Å². The van der Waals surface area contributed by atoms with Crippen LogP contribution in [0.2, 0.25) is 0 Å². The maximum Gasteiger partial charge on any atom is 0.295 e. The average molecular weight is 337 g/mol. The molecule has 0 saturated heterocycles. The van der Waals surface area contributed by atoms with E-state index in [0.29, 0.717) is 11.4 Å². The van der Waals surface area contributed by atoms with E-state index in [1.165, 1.54) is 11.6 Å². The maximum absolute atomic E-state index is 12.6. The Labute approximate surface area is 134 Å². The van der Waals surface area contributed by atoms with Crippen LogP contribution in [0, 0.1) is 6.92 Å². The largest absolute Gasteiger partial charge is 0.319 e. The van der Waals surface area contributed by atoms with Crippen LogP contribution in [0.5, 0.6) is 0 Å². The Balaban J connectivity index is 2.47. The fourth-order valence-corrected chi connectivity index (χ4v) is 2.58. The number of anilines is 1. The summed E-state index contributed by atoms with van der Waals surface area (Å²) in [5.74, 6) is -0.724. The van der Waals surface area contributed by atoms with Crippen LogP contribution in [0.1, 0.15) is 12.6 Å². The third kappa shape index (κ3) is 3.21. The van der Waals surface area contributed by atoms with Crippen LogP contribution in [0.15, 0.2) is 35.1 Å². The van der Waals surface area contributed by atoms with Crippen molar-refractivity contribution in [1.29, 1.82) is 0 Å². The number of sulfone groups is 1. The summed E-state index contributed by atoms with van der Waals surface area (Å²) in [5.41, 5.74) is 0.856. The predicted octanol–water partition coefficient (Wildman–Crippen LogP) is 0.856. The summed E-state index contributed by atoms with van der Waals surface area (Å²) < 4.78 is 26.0. The molecule has 0 bridgehead atoms. The van der Waals surface area contributed by atoms with E-state index >= 15 is 0 Å². The van der Waals surface area contributed by atoms with Crippen molar-refractivity contribution >= 4 is 21.4 Å². The van der Waals surface area contributed by atoms with Gasteiger partial charge in [0.1, 0.15) is 10.9 Å². The van der Waals surface area contributed by atoms with Gasteiger partial charge in [-0.15, -0.1) is 0 Å². The van der Waals surface area contributed by atoms with Crippen LogP contribution in [0.3, 0.4) is 0 Å². The number of para-hydroxylation sites is 1. The Kier molecular flexibility index (Phi) is 4.46. The second-order valence-corrected chi connectivity index (χ2v) is 7.76. The fourth-order valence-electron chi connectivity index (χ4n) is 2.13. The van der Waals surface area contributed by atoms with E-state index in [2.05, 4.69) is 5.32 Å². The van der Waals surface area contributed by atoms with Crippen molar-refractivity contribution in [2.45, 2.75) is 19.1 Å². The van der Waals surface area contributed by atoms with E-state index in [4.69, 9.17) is 0 Å². The quantitative estimate of drug-likeness (QED) is 0.896. The molecule has 1 amide bonds. The molecule has 1 atom stereocenters. The molecule has 124 valence electrons. The zero-order valence-corrected chi connectivity index (χ0v) is 14.2. The number of amides is 1. The lowest BCUT2D eigenvalue weighted by Gasteiger charge is -2.09. The topological polar surface area (TPSA) is 90.2 Å². The first kappa shape index (κ1) is 17.0. The molecule has 23 heavy (non-hydrogen) atoms. The molecule has 2 aromatic rings. The van der Waals surface area contributed by atoms with Gasteiger partial charge in [-0.2, -0.15) is 0 Å². The molecule has 0 radical (unpaired) electrons. The van der Waals surface area contributed by atoms with Crippen molar-refractivity contribution < 1.29 is 13.2 Å². The van der Waals surface area contributed by atoms with Crippen LogP contribution >= 0.6 is 0 Å². The van der Waals surface area contributed by atoms with Gasteiger partial charge in [-0.25, -0.2) is 13.1 Å². The smallest absolute Gasteiger partial charge is 0.295 e. The Morgan fingerprint density at radius 2 is 1.78 bits per heavy atom. The van der Waals surface area contributed by atoms with Crippen molar-refractivity contribution in [3.8, 4) is 5.69 Å². The Hall–Kier alpha value is -2.35. The van der Waals surface area contributed by atoms with E-state index in [0.717, 1.165) is 6.26 Å². The first-order chi connectivity index (χ1) is 10.6. The summed E-state index contributed by atoms with van der Waals surface area (Å²) in [5, 5.41) is 1.21. The molecule has 1 aromatic carbocycles. The van der Waals surface area contributed by atoms with E-state index in [1.807, 2.05) is 6.07 Å². The second kappa shape index (κ2) is 6.04. The average Bonchev–Trinajstić information content (AvgIpc) is 2.70. The number of carbonyl (C=O) groups is 1. The van der Waals surface area contributed by atoms with Crippen molar-refractivity contribution in [3.05, 3.63) is 46.4 Å². The summed E-state index contributed by atoms with van der Waals surface area (Å²) in [7, 11) is -1.84. The van der Waals surface area contributed by atoms with Gasteiger partial charge in [-0.3, -0.25) is 14.3 Å². The van der Waals surface area contributed by atoms with Crippen LogP contribution in [0.25, 0.3) is 5.69 Å². The van der Waals surface area contributed by atoms with Crippen LogP contribution in [-0.2, 0) is 21.7 Å². The molecule has 0 fully saturated rings. The first-order valence-electron chi connectivity index (χ1n) is 6.98. The zero-order chi connectivity index (χ0) is 17.4. The summed E-state index contributed by atoms with van der Waals surface area (Å²) in [6.07, 6.45) is 0.983. The number of hydrogen-bond donors (Lipinski definition) is 1. The summed E-state index contributed by atoms with van der Waals surface area (Å²) in [6.45, 7) is 2.97. The molecule has 1 heterocycles. The monoisotopic (exact) mass is 337 g/mol. The highest BCUT2D eigenvalue weighted by atomic mass is 32.2. The number of carbonyl (C=O) groups excluding carboxylic acids is 1. The zero-order valence-electron chi connectivity index (χ0n) is 13.4. The minimum atomic E-state index is -3.53.